The largest absolute Gasteiger partial charge is 0.461 e. The third-order valence-corrected chi connectivity index (χ3v) is 5.60. The molecule has 3 rings (SSSR count). The number of likely N-dealkylation sites (tertiary alicyclic amines) is 1. The number of H-pyrrole nitrogens is 2. The van der Waals surface area contributed by atoms with Crippen molar-refractivity contribution in [3.8, 4) is 0 Å². The Kier molecular flexibility index (Phi) is 5.58. The highest BCUT2D eigenvalue weighted by Crippen LogP contribution is 2.36. The number of carbonyl (C=O) groups is 2. The number of hydrogen-bond acceptors (Lipinski definition) is 6. The maximum absolute atomic E-state index is 12.0. The molecule has 9 heteroatoms. The monoisotopic (exact) mass is 378 g/mol. The van der Waals surface area contributed by atoms with Crippen molar-refractivity contribution >= 4 is 23.2 Å². The van der Waals surface area contributed by atoms with Gasteiger partial charge < -0.3 is 15.0 Å². The van der Waals surface area contributed by atoms with Crippen molar-refractivity contribution < 1.29 is 14.3 Å². The van der Waals surface area contributed by atoms with Gasteiger partial charge in [0.25, 0.3) is 5.91 Å². The van der Waals surface area contributed by atoms with E-state index >= 15 is 0 Å². The molecule has 1 fully saturated rings. The van der Waals surface area contributed by atoms with E-state index in [1.54, 1.807) is 14.0 Å². The SMILES string of the molecule is CCOC(=O)c1[nH]c(=O)[nH]c1CN1CCCC1c1ccc(C(=O)NC)s1. The molecule has 26 heavy (non-hydrogen) atoms. The topological polar surface area (TPSA) is 107 Å². The number of esters is 1. The summed E-state index contributed by atoms with van der Waals surface area (Å²) >= 11 is 1.48. The first kappa shape index (κ1) is 18.4. The normalized spacial score (nSPS) is 17.4. The molecule has 1 amide bonds. The molecule has 1 unspecified atom stereocenters. The lowest BCUT2D eigenvalue weighted by molar-refractivity contribution is 0.0517. The van der Waals surface area contributed by atoms with E-state index in [4.69, 9.17) is 4.74 Å². The van der Waals surface area contributed by atoms with Crippen LogP contribution in [0.2, 0.25) is 0 Å². The summed E-state index contributed by atoms with van der Waals surface area (Å²) in [6, 6.07) is 3.97. The van der Waals surface area contributed by atoms with Crippen LogP contribution in [0.4, 0.5) is 0 Å². The van der Waals surface area contributed by atoms with E-state index in [1.807, 2.05) is 12.1 Å². The van der Waals surface area contributed by atoms with Crippen LogP contribution in [0.1, 0.15) is 56.5 Å². The van der Waals surface area contributed by atoms with Crippen LogP contribution in [0.3, 0.4) is 0 Å². The van der Waals surface area contributed by atoms with Crippen molar-refractivity contribution in [2.45, 2.75) is 32.4 Å². The van der Waals surface area contributed by atoms with E-state index in [9.17, 15) is 14.4 Å². The number of rotatable bonds is 6. The highest BCUT2D eigenvalue weighted by molar-refractivity contribution is 7.14. The molecule has 0 aromatic carbocycles. The Bertz CT molecular complexity index is 853. The van der Waals surface area contributed by atoms with Crippen LogP contribution in [-0.2, 0) is 11.3 Å². The minimum absolute atomic E-state index is 0.0923. The number of nitrogens with one attached hydrogen (secondary N) is 3. The Balaban J connectivity index is 1.79. The Labute approximate surface area is 154 Å². The average Bonchev–Trinajstić information content (AvgIpc) is 3.34. The molecule has 0 spiro atoms. The third-order valence-electron chi connectivity index (χ3n) is 4.42. The average molecular weight is 378 g/mol. The zero-order valence-corrected chi connectivity index (χ0v) is 15.6. The molecule has 1 aliphatic rings. The number of ether oxygens (including phenoxy) is 1. The molecule has 3 N–H and O–H groups in total. The molecule has 8 nitrogen and oxygen atoms in total. The van der Waals surface area contributed by atoms with E-state index in [0.717, 1.165) is 24.3 Å². The van der Waals surface area contributed by atoms with Gasteiger partial charge in [0.2, 0.25) is 0 Å². The zero-order chi connectivity index (χ0) is 18.7. The lowest BCUT2D eigenvalue weighted by Crippen LogP contribution is -2.24. The minimum atomic E-state index is -0.533. The minimum Gasteiger partial charge on any atom is -0.461 e. The van der Waals surface area contributed by atoms with E-state index in [0.29, 0.717) is 17.1 Å². The van der Waals surface area contributed by atoms with Crippen LogP contribution in [0.25, 0.3) is 0 Å². The van der Waals surface area contributed by atoms with Crippen LogP contribution >= 0.6 is 11.3 Å². The van der Waals surface area contributed by atoms with Gasteiger partial charge >= 0.3 is 11.7 Å². The summed E-state index contributed by atoms with van der Waals surface area (Å²) in [4.78, 5) is 44.7. The highest BCUT2D eigenvalue weighted by atomic mass is 32.1. The molecule has 0 radical (unpaired) electrons. The summed E-state index contributed by atoms with van der Waals surface area (Å²) in [5.74, 6) is -0.625. The number of nitrogens with zero attached hydrogens (tertiary/aromatic N) is 1. The second kappa shape index (κ2) is 7.88. The van der Waals surface area contributed by atoms with Crippen LogP contribution in [-0.4, -0.2) is 46.9 Å². The number of amides is 1. The summed E-state index contributed by atoms with van der Waals surface area (Å²) in [6.45, 7) is 3.26. The Morgan fingerprint density at radius 3 is 2.92 bits per heavy atom. The first-order valence-corrected chi connectivity index (χ1v) is 9.39. The highest BCUT2D eigenvalue weighted by Gasteiger charge is 2.30. The van der Waals surface area contributed by atoms with Gasteiger partial charge in [0.1, 0.15) is 5.69 Å². The predicted octanol–water partition coefficient (Wildman–Crippen LogP) is 1.64. The van der Waals surface area contributed by atoms with Gasteiger partial charge in [0.05, 0.1) is 17.2 Å². The predicted molar refractivity (Wildman–Crippen MR) is 97.5 cm³/mol. The second-order valence-corrected chi connectivity index (χ2v) is 7.18. The van der Waals surface area contributed by atoms with Crippen LogP contribution < -0.4 is 11.0 Å². The fourth-order valence-electron chi connectivity index (χ4n) is 3.23. The van der Waals surface area contributed by atoms with Crippen molar-refractivity contribution in [2.24, 2.45) is 0 Å². The van der Waals surface area contributed by atoms with Gasteiger partial charge in [-0.05, 0) is 38.4 Å². The fourth-order valence-corrected chi connectivity index (χ4v) is 4.36. The summed E-state index contributed by atoms with van der Waals surface area (Å²) in [5.41, 5.74) is 0.292. The van der Waals surface area contributed by atoms with Gasteiger partial charge in [-0.25, -0.2) is 9.59 Å². The van der Waals surface area contributed by atoms with Gasteiger partial charge in [-0.1, -0.05) is 0 Å². The van der Waals surface area contributed by atoms with Crippen LogP contribution in [0, 0.1) is 0 Å². The lowest BCUT2D eigenvalue weighted by atomic mass is 10.2. The standard InChI is InChI=1S/C17H22N4O4S/c1-3-25-16(23)14-10(19-17(24)20-14)9-21-8-4-5-11(21)12-6-7-13(26-12)15(22)18-2/h6-7,11H,3-5,8-9H2,1-2H3,(H,18,22)(H2,19,20,24). The van der Waals surface area contributed by atoms with Gasteiger partial charge in [0.15, 0.2) is 0 Å². The zero-order valence-electron chi connectivity index (χ0n) is 14.8. The van der Waals surface area contributed by atoms with Crippen molar-refractivity contribution in [3.05, 3.63) is 43.8 Å². The van der Waals surface area contributed by atoms with E-state index in [1.165, 1.54) is 11.3 Å². The summed E-state index contributed by atoms with van der Waals surface area (Å²) in [5, 5.41) is 2.63. The van der Waals surface area contributed by atoms with Crippen molar-refractivity contribution in [3.63, 3.8) is 0 Å². The molecular formula is C17H22N4O4S. The molecular weight excluding hydrogens is 356 g/mol. The van der Waals surface area contributed by atoms with Crippen molar-refractivity contribution in [1.82, 2.24) is 20.2 Å². The van der Waals surface area contributed by atoms with Crippen molar-refractivity contribution in [1.29, 1.82) is 0 Å². The van der Waals surface area contributed by atoms with Gasteiger partial charge in [-0.15, -0.1) is 11.3 Å². The molecule has 1 aliphatic heterocycles. The number of hydrogen-bond donors (Lipinski definition) is 3. The molecule has 140 valence electrons. The first-order chi connectivity index (χ1) is 12.5. The van der Waals surface area contributed by atoms with Crippen LogP contribution in [0.5, 0.6) is 0 Å². The molecule has 1 atom stereocenters. The third kappa shape index (κ3) is 3.73. The first-order valence-electron chi connectivity index (χ1n) is 8.57. The molecule has 2 aromatic rings. The maximum atomic E-state index is 12.0. The lowest BCUT2D eigenvalue weighted by Gasteiger charge is -2.23. The van der Waals surface area contributed by atoms with Gasteiger partial charge in [-0.3, -0.25) is 14.7 Å². The Morgan fingerprint density at radius 2 is 2.19 bits per heavy atom. The van der Waals surface area contributed by atoms with Gasteiger partial charge in [0, 0.05) is 24.5 Å². The van der Waals surface area contributed by atoms with Crippen molar-refractivity contribution in [2.75, 3.05) is 20.2 Å². The van der Waals surface area contributed by atoms with Crippen LogP contribution in [0.15, 0.2) is 16.9 Å². The fraction of sp³-hybridized carbons (Fsp3) is 0.471. The summed E-state index contributed by atoms with van der Waals surface area (Å²) < 4.78 is 5.01. The van der Waals surface area contributed by atoms with E-state index in [2.05, 4.69) is 20.2 Å². The Morgan fingerprint density at radius 1 is 1.38 bits per heavy atom. The number of imidazole rings is 1. The quantitative estimate of drug-likeness (QED) is 0.663. The molecule has 0 aliphatic carbocycles. The smallest absolute Gasteiger partial charge is 0.356 e. The molecule has 2 aromatic heterocycles. The molecule has 0 saturated carbocycles. The second-order valence-electron chi connectivity index (χ2n) is 6.06. The van der Waals surface area contributed by atoms with E-state index < -0.39 is 11.7 Å². The molecule has 3 heterocycles. The molecule has 1 saturated heterocycles. The summed E-state index contributed by atoms with van der Waals surface area (Å²) in [7, 11) is 1.61. The Hall–Kier alpha value is -2.39. The number of thiophene rings is 1. The summed E-state index contributed by atoms with van der Waals surface area (Å²) in [6.07, 6.45) is 1.98. The maximum Gasteiger partial charge on any atom is 0.356 e. The number of aromatic amines is 2. The number of carbonyl (C=O) groups excluding carboxylic acids is 2. The van der Waals surface area contributed by atoms with Gasteiger partial charge in [-0.2, -0.15) is 0 Å². The van der Waals surface area contributed by atoms with E-state index in [-0.39, 0.29) is 24.2 Å². The number of aromatic nitrogens is 2. The molecule has 0 bridgehead atoms.